The van der Waals surface area contributed by atoms with E-state index in [-0.39, 0.29) is 5.84 Å². The number of aryl methyl sites for hydroxylation is 2. The molecule has 0 bridgehead atoms. The highest BCUT2D eigenvalue weighted by Crippen LogP contribution is 2.27. The third-order valence-electron chi connectivity index (χ3n) is 3.14. The zero-order chi connectivity index (χ0) is 14.7. The van der Waals surface area contributed by atoms with Gasteiger partial charge in [0, 0.05) is 24.5 Å². The Bertz CT molecular complexity index is 632. The molecule has 0 spiro atoms. The van der Waals surface area contributed by atoms with Gasteiger partial charge in [-0.3, -0.25) is 4.98 Å². The first-order chi connectivity index (χ1) is 9.52. The van der Waals surface area contributed by atoms with Crippen molar-refractivity contribution in [3.8, 4) is 0 Å². The molecule has 0 aliphatic rings. The largest absolute Gasteiger partial charge is 0.409 e. The Labute approximate surface area is 118 Å². The smallest absolute Gasteiger partial charge is 0.172 e. The molecule has 0 radical (unpaired) electrons. The van der Waals surface area contributed by atoms with Crippen molar-refractivity contribution < 1.29 is 5.21 Å². The molecule has 0 aliphatic carbocycles. The Morgan fingerprint density at radius 3 is 2.50 bits per heavy atom. The second-order valence-corrected chi connectivity index (χ2v) is 4.78. The molecule has 20 heavy (non-hydrogen) atoms. The van der Waals surface area contributed by atoms with E-state index in [1.807, 2.05) is 11.9 Å². The van der Waals surface area contributed by atoms with Gasteiger partial charge in [0.1, 0.15) is 0 Å². The maximum atomic E-state index is 8.88. The molecule has 2 rings (SSSR count). The van der Waals surface area contributed by atoms with Gasteiger partial charge in [-0.25, -0.2) is 0 Å². The molecule has 5 nitrogen and oxygen atoms in total. The van der Waals surface area contributed by atoms with E-state index in [9.17, 15) is 0 Å². The monoisotopic (exact) mass is 270 g/mol. The lowest BCUT2D eigenvalue weighted by atomic mass is 10.1. The lowest BCUT2D eigenvalue weighted by molar-refractivity contribution is 0.318. The summed E-state index contributed by atoms with van der Waals surface area (Å²) in [5.41, 5.74) is 10.5. The lowest BCUT2D eigenvalue weighted by Crippen LogP contribution is -2.19. The molecule has 1 aromatic heterocycles. The van der Waals surface area contributed by atoms with Crippen molar-refractivity contribution in [2.45, 2.75) is 13.8 Å². The molecule has 0 fully saturated rings. The summed E-state index contributed by atoms with van der Waals surface area (Å²) < 4.78 is 0. The Morgan fingerprint density at radius 1 is 1.25 bits per heavy atom. The quantitative estimate of drug-likeness (QED) is 0.389. The SMILES string of the molecule is Cc1cc(C)cc(N(C)c2cnccc2/C(N)=N/O)c1. The van der Waals surface area contributed by atoms with E-state index < -0.39 is 0 Å². The molecular formula is C15H18N4O. The van der Waals surface area contributed by atoms with Gasteiger partial charge < -0.3 is 15.8 Å². The number of hydrogen-bond donors (Lipinski definition) is 2. The third-order valence-corrected chi connectivity index (χ3v) is 3.14. The fraction of sp³-hybridized carbons (Fsp3) is 0.200. The summed E-state index contributed by atoms with van der Waals surface area (Å²) in [5, 5.41) is 11.9. The number of aromatic nitrogens is 1. The number of anilines is 2. The van der Waals surface area contributed by atoms with E-state index in [2.05, 4.69) is 42.2 Å². The van der Waals surface area contributed by atoms with Gasteiger partial charge in [-0.05, 0) is 43.2 Å². The average molecular weight is 270 g/mol. The summed E-state index contributed by atoms with van der Waals surface area (Å²) in [4.78, 5) is 6.09. The summed E-state index contributed by atoms with van der Waals surface area (Å²) >= 11 is 0. The van der Waals surface area contributed by atoms with Crippen LogP contribution in [-0.4, -0.2) is 23.1 Å². The van der Waals surface area contributed by atoms with Crippen LogP contribution >= 0.6 is 0 Å². The van der Waals surface area contributed by atoms with Crippen LogP contribution in [0.4, 0.5) is 11.4 Å². The Balaban J connectivity index is 2.51. The van der Waals surface area contributed by atoms with Crippen LogP contribution in [-0.2, 0) is 0 Å². The Kier molecular flexibility index (Phi) is 3.89. The van der Waals surface area contributed by atoms with Crippen molar-refractivity contribution in [2.24, 2.45) is 10.9 Å². The fourth-order valence-corrected chi connectivity index (χ4v) is 2.21. The first kappa shape index (κ1) is 13.9. The second kappa shape index (κ2) is 5.61. The fourth-order valence-electron chi connectivity index (χ4n) is 2.21. The first-order valence-electron chi connectivity index (χ1n) is 6.27. The van der Waals surface area contributed by atoms with Crippen LogP contribution in [0, 0.1) is 13.8 Å². The molecule has 0 saturated heterocycles. The number of benzene rings is 1. The minimum atomic E-state index is 0.0682. The first-order valence-corrected chi connectivity index (χ1v) is 6.27. The maximum absolute atomic E-state index is 8.88. The van der Waals surface area contributed by atoms with Crippen molar-refractivity contribution in [3.05, 3.63) is 53.3 Å². The molecule has 2 aromatic rings. The predicted octanol–water partition coefficient (Wildman–Crippen LogP) is 2.56. The summed E-state index contributed by atoms with van der Waals surface area (Å²) in [6, 6.07) is 8.00. The van der Waals surface area contributed by atoms with Crippen LogP contribution in [0.2, 0.25) is 0 Å². The highest BCUT2D eigenvalue weighted by molar-refractivity contribution is 6.02. The Morgan fingerprint density at radius 2 is 1.90 bits per heavy atom. The van der Waals surface area contributed by atoms with Gasteiger partial charge >= 0.3 is 0 Å². The molecule has 0 aliphatic heterocycles. The zero-order valence-corrected chi connectivity index (χ0v) is 11.8. The molecule has 0 unspecified atom stereocenters. The number of rotatable bonds is 3. The molecule has 5 heteroatoms. The molecule has 0 amide bonds. The second-order valence-electron chi connectivity index (χ2n) is 4.78. The third kappa shape index (κ3) is 2.71. The number of nitrogens with two attached hydrogens (primary N) is 1. The van der Waals surface area contributed by atoms with E-state index in [0.29, 0.717) is 5.56 Å². The van der Waals surface area contributed by atoms with Gasteiger partial charge in [0.2, 0.25) is 0 Å². The number of hydrogen-bond acceptors (Lipinski definition) is 4. The average Bonchev–Trinajstić information content (AvgIpc) is 2.44. The van der Waals surface area contributed by atoms with Crippen molar-refractivity contribution in [1.82, 2.24) is 4.98 Å². The topological polar surface area (TPSA) is 74.7 Å². The summed E-state index contributed by atoms with van der Waals surface area (Å²) in [6.45, 7) is 4.11. The normalized spacial score (nSPS) is 11.4. The molecule has 1 aromatic carbocycles. The highest BCUT2D eigenvalue weighted by atomic mass is 16.4. The number of pyridine rings is 1. The molecule has 0 saturated carbocycles. The van der Waals surface area contributed by atoms with Crippen molar-refractivity contribution in [1.29, 1.82) is 0 Å². The highest BCUT2D eigenvalue weighted by Gasteiger charge is 2.13. The number of amidine groups is 1. The maximum Gasteiger partial charge on any atom is 0.172 e. The van der Waals surface area contributed by atoms with Crippen LogP contribution in [0.3, 0.4) is 0 Å². The standard InChI is InChI=1S/C15H18N4O/c1-10-6-11(2)8-12(7-10)19(3)14-9-17-5-4-13(14)15(16)18-20/h4-9,20H,1-3H3,(H2,16,18). The van der Waals surface area contributed by atoms with E-state index in [1.165, 1.54) is 11.1 Å². The van der Waals surface area contributed by atoms with Gasteiger partial charge in [0.05, 0.1) is 11.9 Å². The van der Waals surface area contributed by atoms with Gasteiger partial charge in [-0.2, -0.15) is 0 Å². The van der Waals surface area contributed by atoms with Crippen molar-refractivity contribution >= 4 is 17.2 Å². The summed E-state index contributed by atoms with van der Waals surface area (Å²) in [7, 11) is 1.93. The van der Waals surface area contributed by atoms with Crippen LogP contribution in [0.5, 0.6) is 0 Å². The molecule has 0 atom stereocenters. The Hall–Kier alpha value is -2.56. The zero-order valence-electron chi connectivity index (χ0n) is 11.8. The minimum absolute atomic E-state index is 0.0682. The minimum Gasteiger partial charge on any atom is -0.409 e. The van der Waals surface area contributed by atoms with Crippen LogP contribution in [0.15, 0.2) is 41.8 Å². The number of oxime groups is 1. The number of nitrogens with zero attached hydrogens (tertiary/aromatic N) is 3. The van der Waals surface area contributed by atoms with E-state index in [1.54, 1.807) is 18.5 Å². The van der Waals surface area contributed by atoms with Gasteiger partial charge in [0.25, 0.3) is 0 Å². The predicted molar refractivity (Wildman–Crippen MR) is 80.7 cm³/mol. The van der Waals surface area contributed by atoms with E-state index in [4.69, 9.17) is 10.9 Å². The van der Waals surface area contributed by atoms with Crippen LogP contribution in [0.25, 0.3) is 0 Å². The van der Waals surface area contributed by atoms with Crippen LogP contribution < -0.4 is 10.6 Å². The van der Waals surface area contributed by atoms with E-state index >= 15 is 0 Å². The summed E-state index contributed by atoms with van der Waals surface area (Å²) in [5.74, 6) is 0.0682. The lowest BCUT2D eigenvalue weighted by Gasteiger charge is -2.22. The molecule has 104 valence electrons. The molecular weight excluding hydrogens is 252 g/mol. The van der Waals surface area contributed by atoms with E-state index in [0.717, 1.165) is 11.4 Å². The van der Waals surface area contributed by atoms with Crippen molar-refractivity contribution in [3.63, 3.8) is 0 Å². The van der Waals surface area contributed by atoms with Gasteiger partial charge in [-0.1, -0.05) is 11.2 Å². The van der Waals surface area contributed by atoms with Crippen molar-refractivity contribution in [2.75, 3.05) is 11.9 Å². The van der Waals surface area contributed by atoms with Gasteiger partial charge in [-0.15, -0.1) is 0 Å². The van der Waals surface area contributed by atoms with Gasteiger partial charge in [0.15, 0.2) is 5.84 Å². The molecule has 3 N–H and O–H groups in total. The van der Waals surface area contributed by atoms with Crippen LogP contribution in [0.1, 0.15) is 16.7 Å². The molecule has 1 heterocycles. The summed E-state index contributed by atoms with van der Waals surface area (Å²) in [6.07, 6.45) is 3.32.